The van der Waals surface area contributed by atoms with Crippen LogP contribution in [0.2, 0.25) is 0 Å². The Kier molecular flexibility index (Phi) is 5.02. The summed E-state index contributed by atoms with van der Waals surface area (Å²) in [5, 5.41) is 0.932. The first-order valence-electron chi connectivity index (χ1n) is 6.95. The molecule has 0 aliphatic heterocycles. The van der Waals surface area contributed by atoms with Crippen molar-refractivity contribution < 1.29 is 4.74 Å². The molecule has 1 heterocycles. The molecular weight excluding hydrogens is 306 g/mol. The molecule has 0 spiro atoms. The Bertz CT molecular complexity index is 421. The molecule has 0 N–H and O–H groups in total. The van der Waals surface area contributed by atoms with E-state index in [0.29, 0.717) is 11.9 Å². The fourth-order valence-corrected chi connectivity index (χ4v) is 2.57. The number of ether oxygens (including phenoxy) is 1. The van der Waals surface area contributed by atoms with E-state index >= 15 is 0 Å². The molecule has 2 rings (SSSR count). The van der Waals surface area contributed by atoms with Gasteiger partial charge < -0.3 is 9.64 Å². The average Bonchev–Trinajstić information content (AvgIpc) is 2.24. The highest BCUT2D eigenvalue weighted by Gasteiger charge is 2.27. The summed E-state index contributed by atoms with van der Waals surface area (Å²) in [6, 6.07) is 2.49. The van der Waals surface area contributed by atoms with Crippen LogP contribution in [0.25, 0.3) is 0 Å². The molecule has 1 saturated carbocycles. The second-order valence-corrected chi connectivity index (χ2v) is 6.07. The third-order valence-corrected chi connectivity index (χ3v) is 3.63. The van der Waals surface area contributed by atoms with Gasteiger partial charge in [0.05, 0.1) is 6.10 Å². The molecule has 1 aromatic rings. The molecule has 1 aliphatic carbocycles. The lowest BCUT2D eigenvalue weighted by molar-refractivity contribution is 0.232. The van der Waals surface area contributed by atoms with Crippen LogP contribution in [-0.2, 0) is 0 Å². The first kappa shape index (κ1) is 14.6. The summed E-state index contributed by atoms with van der Waals surface area (Å²) in [7, 11) is 0. The summed E-state index contributed by atoms with van der Waals surface area (Å²) >= 11 is 3.52. The van der Waals surface area contributed by atoms with Crippen molar-refractivity contribution in [1.82, 2.24) is 9.97 Å². The van der Waals surface area contributed by atoms with Crippen molar-refractivity contribution in [2.24, 2.45) is 0 Å². The van der Waals surface area contributed by atoms with Gasteiger partial charge in [0.25, 0.3) is 0 Å². The van der Waals surface area contributed by atoms with Gasteiger partial charge in [-0.3, -0.25) is 0 Å². The molecule has 106 valence electrons. The lowest BCUT2D eigenvalue weighted by Gasteiger charge is -2.37. The van der Waals surface area contributed by atoms with Crippen molar-refractivity contribution in [3.63, 3.8) is 0 Å². The number of alkyl halides is 1. The maximum absolute atomic E-state index is 5.71. The minimum Gasteiger partial charge on any atom is -0.475 e. The van der Waals surface area contributed by atoms with Gasteiger partial charge in [0.15, 0.2) is 0 Å². The molecule has 5 heteroatoms. The van der Waals surface area contributed by atoms with E-state index in [2.05, 4.69) is 30.8 Å². The van der Waals surface area contributed by atoms with Gasteiger partial charge in [-0.2, -0.15) is 4.98 Å². The van der Waals surface area contributed by atoms with Gasteiger partial charge in [0.2, 0.25) is 11.8 Å². The minimum absolute atomic E-state index is 0.135. The number of aromatic nitrogens is 2. The van der Waals surface area contributed by atoms with Gasteiger partial charge in [0, 0.05) is 29.7 Å². The zero-order valence-electron chi connectivity index (χ0n) is 11.9. The molecule has 19 heavy (non-hydrogen) atoms. The highest BCUT2D eigenvalue weighted by atomic mass is 79.9. The number of halogens is 1. The molecule has 0 unspecified atom stereocenters. The van der Waals surface area contributed by atoms with Crippen molar-refractivity contribution in [1.29, 1.82) is 0 Å². The number of hydrogen-bond acceptors (Lipinski definition) is 4. The number of anilines is 1. The van der Waals surface area contributed by atoms with Gasteiger partial charge in [-0.05, 0) is 40.0 Å². The van der Waals surface area contributed by atoms with Crippen LogP contribution in [-0.4, -0.2) is 34.0 Å². The van der Waals surface area contributed by atoms with Crippen molar-refractivity contribution >= 4 is 21.9 Å². The van der Waals surface area contributed by atoms with Crippen LogP contribution in [0.3, 0.4) is 0 Å². The molecule has 0 saturated heterocycles. The van der Waals surface area contributed by atoms with Gasteiger partial charge in [-0.1, -0.05) is 15.9 Å². The van der Waals surface area contributed by atoms with E-state index < -0.39 is 0 Å². The quantitative estimate of drug-likeness (QED) is 0.751. The summed E-state index contributed by atoms with van der Waals surface area (Å²) in [5.41, 5.74) is 0.958. The predicted molar refractivity (Wildman–Crippen MR) is 81.3 cm³/mol. The van der Waals surface area contributed by atoms with Crippen molar-refractivity contribution in [2.75, 3.05) is 16.8 Å². The fourth-order valence-electron chi connectivity index (χ4n) is 2.19. The third kappa shape index (κ3) is 3.81. The molecule has 0 atom stereocenters. The van der Waals surface area contributed by atoms with E-state index in [4.69, 9.17) is 4.74 Å². The maximum Gasteiger partial charge on any atom is 0.229 e. The van der Waals surface area contributed by atoms with E-state index in [-0.39, 0.29) is 6.10 Å². The van der Waals surface area contributed by atoms with Crippen molar-refractivity contribution in [3.05, 3.63) is 11.8 Å². The standard InChI is InChI=1S/C14H22BrN3O/c1-10(2)19-13-9-11(3)16-14(17-13)18(8-7-15)12-5-4-6-12/h9-10,12H,4-8H2,1-3H3. The Balaban J connectivity index is 2.22. The van der Waals surface area contributed by atoms with Crippen LogP contribution in [0.15, 0.2) is 6.07 Å². The highest BCUT2D eigenvalue weighted by Crippen LogP contribution is 2.28. The topological polar surface area (TPSA) is 38.2 Å². The zero-order chi connectivity index (χ0) is 13.8. The molecular formula is C14H22BrN3O. The SMILES string of the molecule is Cc1cc(OC(C)C)nc(N(CCBr)C2CCC2)n1. The first-order valence-corrected chi connectivity index (χ1v) is 8.07. The van der Waals surface area contributed by atoms with Crippen LogP contribution >= 0.6 is 15.9 Å². The third-order valence-electron chi connectivity index (χ3n) is 3.27. The largest absolute Gasteiger partial charge is 0.475 e. The summed E-state index contributed by atoms with van der Waals surface area (Å²) in [5.74, 6) is 1.48. The summed E-state index contributed by atoms with van der Waals surface area (Å²) in [4.78, 5) is 11.4. The number of nitrogens with zero attached hydrogens (tertiary/aromatic N) is 3. The van der Waals surface area contributed by atoms with E-state index in [9.17, 15) is 0 Å². The van der Waals surface area contributed by atoms with Gasteiger partial charge in [-0.25, -0.2) is 4.98 Å². The zero-order valence-corrected chi connectivity index (χ0v) is 13.5. The van der Waals surface area contributed by atoms with Gasteiger partial charge in [-0.15, -0.1) is 0 Å². The fraction of sp³-hybridized carbons (Fsp3) is 0.714. The lowest BCUT2D eigenvalue weighted by Crippen LogP contribution is -2.42. The molecule has 0 radical (unpaired) electrons. The maximum atomic E-state index is 5.71. The van der Waals surface area contributed by atoms with Crippen molar-refractivity contribution in [3.8, 4) is 5.88 Å². The molecule has 0 bridgehead atoms. The predicted octanol–water partition coefficient (Wildman–Crippen LogP) is 3.33. The van der Waals surface area contributed by atoms with Gasteiger partial charge in [0.1, 0.15) is 0 Å². The molecule has 0 aromatic carbocycles. The molecule has 1 aromatic heterocycles. The Morgan fingerprint density at radius 1 is 1.42 bits per heavy atom. The van der Waals surface area contributed by atoms with E-state index in [1.165, 1.54) is 19.3 Å². The molecule has 1 aliphatic rings. The van der Waals surface area contributed by atoms with Crippen LogP contribution in [0.5, 0.6) is 5.88 Å². The van der Waals surface area contributed by atoms with Gasteiger partial charge >= 0.3 is 0 Å². The van der Waals surface area contributed by atoms with Crippen LogP contribution in [0.4, 0.5) is 5.95 Å². The van der Waals surface area contributed by atoms with E-state index in [0.717, 1.165) is 23.5 Å². The lowest BCUT2D eigenvalue weighted by atomic mass is 9.92. The number of aryl methyl sites for hydroxylation is 1. The Morgan fingerprint density at radius 3 is 2.68 bits per heavy atom. The molecule has 1 fully saturated rings. The normalized spacial score (nSPS) is 15.4. The molecule has 4 nitrogen and oxygen atoms in total. The first-order chi connectivity index (χ1) is 9.10. The molecule has 0 amide bonds. The Labute approximate surface area is 123 Å². The van der Waals surface area contributed by atoms with E-state index in [1.807, 2.05) is 26.8 Å². The Morgan fingerprint density at radius 2 is 2.16 bits per heavy atom. The highest BCUT2D eigenvalue weighted by molar-refractivity contribution is 9.09. The number of rotatable bonds is 6. The summed E-state index contributed by atoms with van der Waals surface area (Å²) in [6.45, 7) is 6.96. The minimum atomic E-state index is 0.135. The van der Waals surface area contributed by atoms with Crippen LogP contribution < -0.4 is 9.64 Å². The second kappa shape index (κ2) is 6.55. The van der Waals surface area contributed by atoms with Crippen LogP contribution in [0, 0.1) is 6.92 Å². The second-order valence-electron chi connectivity index (χ2n) is 5.28. The smallest absolute Gasteiger partial charge is 0.229 e. The van der Waals surface area contributed by atoms with Crippen LogP contribution in [0.1, 0.15) is 38.8 Å². The monoisotopic (exact) mass is 327 g/mol. The summed E-state index contributed by atoms with van der Waals surface area (Å²) in [6.07, 6.45) is 3.93. The number of hydrogen-bond donors (Lipinski definition) is 0. The van der Waals surface area contributed by atoms with Crippen molar-refractivity contribution in [2.45, 2.75) is 52.2 Å². The Hall–Kier alpha value is -0.840. The summed E-state index contributed by atoms with van der Waals surface area (Å²) < 4.78 is 5.71. The van der Waals surface area contributed by atoms with E-state index in [1.54, 1.807) is 0 Å². The average molecular weight is 328 g/mol.